The Morgan fingerprint density at radius 1 is 1.02 bits per heavy atom. The van der Waals surface area contributed by atoms with Crippen LogP contribution in [0.5, 0.6) is 0 Å². The van der Waals surface area contributed by atoms with Crippen LogP contribution in [0.2, 0.25) is 0 Å². The number of thioether (sulfide) groups is 1. The third kappa shape index (κ3) is 9.17. The number of likely N-dealkylation sites (tertiary alicyclic amines) is 1. The smallest absolute Gasteiger partial charge is 0.383 e. The van der Waals surface area contributed by atoms with Gasteiger partial charge < -0.3 is 19.1 Å². The predicted molar refractivity (Wildman–Crippen MR) is 198 cm³/mol. The van der Waals surface area contributed by atoms with Crippen molar-refractivity contribution in [3.05, 3.63) is 135 Å². The molecule has 4 aromatic carbocycles. The van der Waals surface area contributed by atoms with Crippen LogP contribution in [0, 0.1) is 18.6 Å². The van der Waals surface area contributed by atoms with Crippen LogP contribution < -0.4 is 5.43 Å². The molecule has 5 aromatic rings. The van der Waals surface area contributed by atoms with E-state index in [-0.39, 0.29) is 26.5 Å². The molecule has 0 atom stereocenters. The summed E-state index contributed by atoms with van der Waals surface area (Å²) in [5.74, 6) is -4.55. The van der Waals surface area contributed by atoms with Gasteiger partial charge in [-0.25, -0.2) is 8.78 Å². The molecular formula is C41H40F5N3O3S. The number of ether oxygens (including phenoxy) is 1. The first-order chi connectivity index (χ1) is 30.5. The molecule has 0 N–H and O–H groups in total. The van der Waals surface area contributed by atoms with Crippen molar-refractivity contribution < 1.29 is 49.3 Å². The number of hydrogen-bond donors (Lipinski definition) is 0. The fourth-order valence-electron chi connectivity index (χ4n) is 5.34. The number of fused-ring (bicyclic) bond motifs is 1. The number of benzene rings is 4. The molecule has 12 heteroatoms. The van der Waals surface area contributed by atoms with Gasteiger partial charge in [0.1, 0.15) is 6.54 Å². The molecule has 0 radical (unpaired) electrons. The van der Waals surface area contributed by atoms with E-state index in [9.17, 15) is 33.6 Å². The average Bonchev–Trinajstić information content (AvgIpc) is 3.25. The van der Waals surface area contributed by atoms with Crippen molar-refractivity contribution in [1.29, 1.82) is 0 Å². The third-order valence-electron chi connectivity index (χ3n) is 8.12. The van der Waals surface area contributed by atoms with Crippen LogP contribution in [0.4, 0.5) is 22.0 Å². The Morgan fingerprint density at radius 3 is 2.36 bits per heavy atom. The fraction of sp³-hybridized carbons (Fsp3) is 0.317. The van der Waals surface area contributed by atoms with E-state index in [1.807, 2.05) is 0 Å². The Labute approximate surface area is 327 Å². The predicted octanol–water partition coefficient (Wildman–Crippen LogP) is 8.71. The number of aromatic nitrogens is 1. The molecule has 2 heterocycles. The van der Waals surface area contributed by atoms with E-state index in [0.717, 1.165) is 22.8 Å². The molecule has 1 amide bonds. The fourth-order valence-corrected chi connectivity index (χ4v) is 6.33. The molecule has 6 nitrogen and oxygen atoms in total. The first-order valence-electron chi connectivity index (χ1n) is 22.5. The lowest BCUT2D eigenvalue weighted by atomic mass is 10.00. The zero-order chi connectivity index (χ0) is 49.3. The van der Waals surface area contributed by atoms with E-state index in [4.69, 9.17) is 15.7 Å². The minimum atomic E-state index is -4.62. The number of carbonyl (C=O) groups is 1. The highest BCUT2D eigenvalue weighted by Gasteiger charge is 2.31. The van der Waals surface area contributed by atoms with Crippen molar-refractivity contribution in [2.45, 2.75) is 55.7 Å². The minimum Gasteiger partial charge on any atom is -0.383 e. The highest BCUT2D eigenvalue weighted by molar-refractivity contribution is 7.98. The maximum atomic E-state index is 15.3. The molecule has 53 heavy (non-hydrogen) atoms. The lowest BCUT2D eigenvalue weighted by Gasteiger charge is -2.39. The van der Waals surface area contributed by atoms with Crippen LogP contribution >= 0.6 is 11.8 Å². The first kappa shape index (κ1) is 24.7. The lowest BCUT2D eigenvalue weighted by Crippen LogP contribution is -2.48. The van der Waals surface area contributed by atoms with Gasteiger partial charge in [-0.3, -0.25) is 9.59 Å². The summed E-state index contributed by atoms with van der Waals surface area (Å²) in [4.78, 5) is 29.6. The van der Waals surface area contributed by atoms with E-state index < -0.39 is 139 Å². The molecule has 0 aliphatic carbocycles. The lowest BCUT2D eigenvalue weighted by molar-refractivity contribution is -0.137. The SMILES string of the molecule is [2H]c1c(C)c([2H])c2c(=O)c([2H])c(SCc3cccc(F)c3F)n(CC(=O)N(Cc3ccc(-c4ccc(C(F)(F)F)cc4)cc3)C3([2H])C([2H])([2H])C([2H])([2H])N(CCOC)C([2H])([2H])C3([2H])[2H])c2c1[2H]. The van der Waals surface area contributed by atoms with Crippen molar-refractivity contribution in [2.75, 3.05) is 33.3 Å². The van der Waals surface area contributed by atoms with Crippen molar-refractivity contribution >= 4 is 28.6 Å². The summed E-state index contributed by atoms with van der Waals surface area (Å²) in [7, 11) is 1.18. The third-order valence-corrected chi connectivity index (χ3v) is 9.17. The molecule has 0 spiro atoms. The van der Waals surface area contributed by atoms with Gasteiger partial charge in [-0.15, -0.1) is 11.8 Å². The highest BCUT2D eigenvalue weighted by atomic mass is 32.2. The second-order valence-corrected chi connectivity index (χ2v) is 12.8. The second-order valence-electron chi connectivity index (χ2n) is 11.8. The maximum Gasteiger partial charge on any atom is 0.416 e. The van der Waals surface area contributed by atoms with Crippen LogP contribution in [-0.4, -0.2) is 59.5 Å². The van der Waals surface area contributed by atoms with Gasteiger partial charge in [-0.2, -0.15) is 13.2 Å². The molecular weight excluding hydrogens is 710 g/mol. The van der Waals surface area contributed by atoms with E-state index in [0.29, 0.717) is 22.9 Å². The molecule has 0 saturated carbocycles. The van der Waals surface area contributed by atoms with Crippen LogP contribution in [0.15, 0.2) is 101 Å². The number of piperidine rings is 1. The second kappa shape index (κ2) is 16.7. The van der Waals surface area contributed by atoms with Gasteiger partial charge in [0.15, 0.2) is 17.1 Å². The number of alkyl halides is 3. The Bertz CT molecular complexity index is 2730. The topological polar surface area (TPSA) is 54.8 Å². The van der Waals surface area contributed by atoms with Crippen molar-refractivity contribution in [3.63, 3.8) is 0 Å². The number of carbonyl (C=O) groups excluding carboxylic acids is 1. The van der Waals surface area contributed by atoms with Gasteiger partial charge in [0.2, 0.25) is 5.91 Å². The largest absolute Gasteiger partial charge is 0.416 e. The van der Waals surface area contributed by atoms with Gasteiger partial charge in [0.25, 0.3) is 0 Å². The number of nitrogens with zero attached hydrogens (tertiary/aromatic N) is 3. The Balaban J connectivity index is 1.58. The standard InChI is InChI=1S/C41H40F5N3O3S/c1-27-6-15-36-34(22-27)37(50)23-39(53-26-31-4-3-5-35(42)40(31)43)49(36)25-38(51)48(33-16-18-47(19-17-33)20-21-52-2)24-28-7-9-29(10-8-28)30-11-13-32(14-12-30)41(44,45)46/h3-15,22-23,33H,16-21,24-26H2,1-2H3/i6D,15D,16D2,17D2,18D2,19D2,22D,23D,33D. The van der Waals surface area contributed by atoms with Crippen molar-refractivity contribution in [2.24, 2.45) is 0 Å². The van der Waals surface area contributed by atoms with E-state index in [1.54, 1.807) is 0 Å². The van der Waals surface area contributed by atoms with E-state index >= 15 is 4.79 Å². The minimum absolute atomic E-state index is 0.0130. The van der Waals surface area contributed by atoms with Gasteiger partial charge >= 0.3 is 6.18 Å². The molecule has 6 rings (SSSR count). The Morgan fingerprint density at radius 2 is 1.70 bits per heavy atom. The summed E-state index contributed by atoms with van der Waals surface area (Å²) in [6.45, 7) is -9.34. The van der Waals surface area contributed by atoms with Crippen LogP contribution in [0.3, 0.4) is 0 Å². The summed E-state index contributed by atoms with van der Waals surface area (Å²) >= 11 is 0.501. The van der Waals surface area contributed by atoms with Crippen LogP contribution in [0.1, 0.15) is 52.8 Å². The number of methoxy groups -OCH3 is 1. The normalized spacial score (nSPS) is 22.1. The van der Waals surface area contributed by atoms with Gasteiger partial charge in [-0.1, -0.05) is 60.1 Å². The van der Waals surface area contributed by atoms with Gasteiger partial charge in [-0.05, 0) is 66.6 Å². The Kier molecular flexibility index (Phi) is 7.77. The van der Waals surface area contributed by atoms with Crippen molar-refractivity contribution in [1.82, 2.24) is 14.4 Å². The molecule has 0 unspecified atom stereocenters. The van der Waals surface area contributed by atoms with Crippen LogP contribution in [0.25, 0.3) is 22.0 Å². The summed E-state index contributed by atoms with van der Waals surface area (Å²) in [6, 6.07) is 5.87. The molecule has 0 bridgehead atoms. The number of halogens is 5. The van der Waals surface area contributed by atoms with Crippen molar-refractivity contribution in [3.8, 4) is 11.1 Å². The molecule has 1 aliphatic rings. The maximum absolute atomic E-state index is 15.3. The molecule has 1 aromatic heterocycles. The zero-order valence-corrected chi connectivity index (χ0v) is 29.1. The van der Waals surface area contributed by atoms with Gasteiger partial charge in [0.05, 0.1) is 29.6 Å². The average molecular weight is 763 g/mol. The quantitative estimate of drug-likeness (QED) is 0.0941. The van der Waals surface area contributed by atoms with Gasteiger partial charge in [0, 0.05) is 72.9 Å². The summed E-state index contributed by atoms with van der Waals surface area (Å²) < 4.78 is 192. The number of hydrogen-bond acceptors (Lipinski definition) is 5. The molecule has 1 saturated heterocycles. The summed E-state index contributed by atoms with van der Waals surface area (Å²) in [5, 5.41) is -1.14. The van der Waals surface area contributed by atoms with Crippen LogP contribution in [-0.2, 0) is 34.6 Å². The first-order valence-corrected chi connectivity index (χ1v) is 17.0. The molecule has 1 aliphatic heterocycles. The number of amides is 1. The monoisotopic (exact) mass is 762 g/mol. The number of rotatable bonds is 12. The molecule has 1 fully saturated rings. The zero-order valence-electron chi connectivity index (χ0n) is 41.3. The summed E-state index contributed by atoms with van der Waals surface area (Å²) in [6.07, 6.45) is -12.3. The van der Waals surface area contributed by atoms with E-state index in [1.165, 1.54) is 62.6 Å². The highest BCUT2D eigenvalue weighted by Crippen LogP contribution is 2.32. The summed E-state index contributed by atoms with van der Waals surface area (Å²) in [5.41, 5.74) is -2.49. The van der Waals surface area contributed by atoms with E-state index in [2.05, 4.69) is 0 Å². The molecule has 278 valence electrons. The number of pyridine rings is 1. The Hall–Kier alpha value is -4.52.